The van der Waals surface area contributed by atoms with E-state index in [1.807, 2.05) is 24.4 Å². The normalized spacial score (nSPS) is 13.1. The van der Waals surface area contributed by atoms with Crippen molar-refractivity contribution in [2.45, 2.75) is 13.0 Å². The van der Waals surface area contributed by atoms with Gasteiger partial charge in [-0.3, -0.25) is 0 Å². The SMILES string of the molecule is COc1ccc2[nH]cc([C@H](C)O)c2c1. The summed E-state index contributed by atoms with van der Waals surface area (Å²) in [5, 5.41) is 10.5. The van der Waals surface area contributed by atoms with Gasteiger partial charge < -0.3 is 14.8 Å². The zero-order chi connectivity index (χ0) is 10.1. The number of fused-ring (bicyclic) bond motifs is 1. The first kappa shape index (κ1) is 9.09. The fourth-order valence-electron chi connectivity index (χ4n) is 1.59. The van der Waals surface area contributed by atoms with Crippen LogP contribution in [-0.2, 0) is 0 Å². The highest BCUT2D eigenvalue weighted by molar-refractivity contribution is 5.84. The quantitative estimate of drug-likeness (QED) is 0.764. The molecule has 0 saturated heterocycles. The van der Waals surface area contributed by atoms with Crippen LogP contribution in [0.5, 0.6) is 5.75 Å². The van der Waals surface area contributed by atoms with E-state index in [2.05, 4.69) is 4.98 Å². The predicted octanol–water partition coefficient (Wildman–Crippen LogP) is 2.23. The molecular formula is C11H13NO2. The van der Waals surface area contributed by atoms with Crippen molar-refractivity contribution in [3.05, 3.63) is 30.0 Å². The summed E-state index contributed by atoms with van der Waals surface area (Å²) in [6.45, 7) is 1.75. The minimum Gasteiger partial charge on any atom is -0.497 e. The largest absolute Gasteiger partial charge is 0.497 e. The van der Waals surface area contributed by atoms with Crippen LogP contribution in [0.4, 0.5) is 0 Å². The van der Waals surface area contributed by atoms with Crippen molar-refractivity contribution in [1.29, 1.82) is 0 Å². The summed E-state index contributed by atoms with van der Waals surface area (Å²) in [4.78, 5) is 3.11. The molecule has 2 aromatic rings. The van der Waals surface area contributed by atoms with Crippen molar-refractivity contribution in [2.24, 2.45) is 0 Å². The second-order valence-corrected chi connectivity index (χ2v) is 3.33. The van der Waals surface area contributed by atoms with Crippen LogP contribution < -0.4 is 4.74 Å². The van der Waals surface area contributed by atoms with E-state index in [0.717, 1.165) is 22.2 Å². The maximum atomic E-state index is 9.51. The van der Waals surface area contributed by atoms with Crippen LogP contribution in [-0.4, -0.2) is 17.2 Å². The molecule has 0 aliphatic carbocycles. The second kappa shape index (κ2) is 3.35. The van der Waals surface area contributed by atoms with E-state index in [1.165, 1.54) is 0 Å². The molecule has 1 aromatic heterocycles. The molecule has 0 bridgehead atoms. The Hall–Kier alpha value is -1.48. The first-order valence-corrected chi connectivity index (χ1v) is 4.55. The maximum absolute atomic E-state index is 9.51. The number of methoxy groups -OCH3 is 1. The van der Waals surface area contributed by atoms with E-state index < -0.39 is 6.10 Å². The molecule has 3 nitrogen and oxygen atoms in total. The lowest BCUT2D eigenvalue weighted by Crippen LogP contribution is -1.88. The van der Waals surface area contributed by atoms with Crippen LogP contribution in [0.15, 0.2) is 24.4 Å². The van der Waals surface area contributed by atoms with Gasteiger partial charge in [-0.05, 0) is 25.1 Å². The van der Waals surface area contributed by atoms with Gasteiger partial charge in [0.2, 0.25) is 0 Å². The van der Waals surface area contributed by atoms with E-state index in [9.17, 15) is 5.11 Å². The molecule has 0 unspecified atom stereocenters. The number of nitrogens with one attached hydrogen (secondary N) is 1. The molecular weight excluding hydrogens is 178 g/mol. The van der Waals surface area contributed by atoms with Gasteiger partial charge in [0.25, 0.3) is 0 Å². The van der Waals surface area contributed by atoms with Gasteiger partial charge in [0.05, 0.1) is 13.2 Å². The Morgan fingerprint density at radius 2 is 2.21 bits per heavy atom. The molecule has 14 heavy (non-hydrogen) atoms. The molecule has 0 fully saturated rings. The highest BCUT2D eigenvalue weighted by Crippen LogP contribution is 2.27. The predicted molar refractivity (Wildman–Crippen MR) is 55.5 cm³/mol. The van der Waals surface area contributed by atoms with Gasteiger partial charge in [0.15, 0.2) is 0 Å². The van der Waals surface area contributed by atoms with Crippen LogP contribution in [0.2, 0.25) is 0 Å². The zero-order valence-corrected chi connectivity index (χ0v) is 8.24. The zero-order valence-electron chi connectivity index (χ0n) is 8.24. The smallest absolute Gasteiger partial charge is 0.119 e. The maximum Gasteiger partial charge on any atom is 0.119 e. The molecule has 1 atom stereocenters. The Balaban J connectivity index is 2.63. The van der Waals surface area contributed by atoms with Gasteiger partial charge in [0.1, 0.15) is 5.75 Å². The van der Waals surface area contributed by atoms with Crippen LogP contribution >= 0.6 is 0 Å². The van der Waals surface area contributed by atoms with Crippen LogP contribution in [0.3, 0.4) is 0 Å². The van der Waals surface area contributed by atoms with Gasteiger partial charge in [-0.1, -0.05) is 0 Å². The molecule has 74 valence electrons. The van der Waals surface area contributed by atoms with Crippen molar-refractivity contribution >= 4 is 10.9 Å². The molecule has 0 aliphatic heterocycles. The van der Waals surface area contributed by atoms with Crippen molar-refractivity contribution in [3.63, 3.8) is 0 Å². The summed E-state index contributed by atoms with van der Waals surface area (Å²) in [6, 6.07) is 5.76. The Bertz CT molecular complexity index is 445. The number of hydrogen-bond acceptors (Lipinski definition) is 2. The molecule has 0 aliphatic rings. The lowest BCUT2D eigenvalue weighted by atomic mass is 10.1. The van der Waals surface area contributed by atoms with Gasteiger partial charge in [0, 0.05) is 22.7 Å². The van der Waals surface area contributed by atoms with Crippen molar-refractivity contribution in [2.75, 3.05) is 7.11 Å². The second-order valence-electron chi connectivity index (χ2n) is 3.33. The van der Waals surface area contributed by atoms with Crippen LogP contribution in [0.1, 0.15) is 18.6 Å². The van der Waals surface area contributed by atoms with Crippen LogP contribution in [0.25, 0.3) is 10.9 Å². The summed E-state index contributed by atoms with van der Waals surface area (Å²) >= 11 is 0. The summed E-state index contributed by atoms with van der Waals surface area (Å²) in [5.41, 5.74) is 1.92. The van der Waals surface area contributed by atoms with E-state index in [-0.39, 0.29) is 0 Å². The molecule has 2 rings (SSSR count). The summed E-state index contributed by atoms with van der Waals surface area (Å²) in [6.07, 6.45) is 1.37. The Morgan fingerprint density at radius 3 is 2.86 bits per heavy atom. The monoisotopic (exact) mass is 191 g/mol. The van der Waals surface area contributed by atoms with E-state index in [0.29, 0.717) is 0 Å². The Morgan fingerprint density at radius 1 is 1.43 bits per heavy atom. The lowest BCUT2D eigenvalue weighted by molar-refractivity contribution is 0.201. The average Bonchev–Trinajstić information content (AvgIpc) is 2.59. The van der Waals surface area contributed by atoms with Crippen molar-refractivity contribution in [1.82, 2.24) is 4.98 Å². The van der Waals surface area contributed by atoms with Crippen molar-refractivity contribution < 1.29 is 9.84 Å². The third-order valence-corrected chi connectivity index (χ3v) is 2.37. The Labute approximate surface area is 82.3 Å². The summed E-state index contributed by atoms with van der Waals surface area (Å²) in [5.74, 6) is 0.805. The number of aliphatic hydroxyl groups is 1. The van der Waals surface area contributed by atoms with Gasteiger partial charge in [-0.2, -0.15) is 0 Å². The highest BCUT2D eigenvalue weighted by atomic mass is 16.5. The number of aromatic nitrogens is 1. The standard InChI is InChI=1S/C11H13NO2/c1-7(13)10-6-12-11-4-3-8(14-2)5-9(10)11/h3-7,12-13H,1-2H3/t7-/m0/s1. The fourth-order valence-corrected chi connectivity index (χ4v) is 1.59. The number of ether oxygens (including phenoxy) is 1. The van der Waals surface area contributed by atoms with E-state index in [1.54, 1.807) is 14.0 Å². The first-order chi connectivity index (χ1) is 6.72. The molecule has 0 radical (unpaired) electrons. The average molecular weight is 191 g/mol. The molecule has 3 heteroatoms. The highest BCUT2D eigenvalue weighted by Gasteiger charge is 2.08. The number of H-pyrrole nitrogens is 1. The van der Waals surface area contributed by atoms with Gasteiger partial charge in [-0.25, -0.2) is 0 Å². The van der Waals surface area contributed by atoms with Gasteiger partial charge in [-0.15, -0.1) is 0 Å². The number of hydrogen-bond donors (Lipinski definition) is 2. The minimum absolute atomic E-state index is 0.462. The van der Waals surface area contributed by atoms with Crippen molar-refractivity contribution in [3.8, 4) is 5.75 Å². The van der Waals surface area contributed by atoms with E-state index in [4.69, 9.17) is 4.74 Å². The third-order valence-electron chi connectivity index (χ3n) is 2.37. The Kier molecular flexibility index (Phi) is 2.17. The topological polar surface area (TPSA) is 45.2 Å². The third kappa shape index (κ3) is 1.36. The molecule has 0 spiro atoms. The minimum atomic E-state index is -0.462. The molecule has 0 amide bonds. The molecule has 1 aromatic carbocycles. The van der Waals surface area contributed by atoms with E-state index >= 15 is 0 Å². The molecule has 0 saturated carbocycles. The fraction of sp³-hybridized carbons (Fsp3) is 0.273. The van der Waals surface area contributed by atoms with Gasteiger partial charge >= 0.3 is 0 Å². The number of rotatable bonds is 2. The summed E-state index contributed by atoms with van der Waals surface area (Å²) < 4.78 is 5.13. The molecule has 2 N–H and O–H groups in total. The lowest BCUT2D eigenvalue weighted by Gasteiger charge is -2.03. The number of benzene rings is 1. The molecule has 1 heterocycles. The van der Waals surface area contributed by atoms with Crippen LogP contribution in [0, 0.1) is 0 Å². The first-order valence-electron chi connectivity index (χ1n) is 4.55. The summed E-state index contributed by atoms with van der Waals surface area (Å²) in [7, 11) is 1.63. The number of aliphatic hydroxyl groups excluding tert-OH is 1. The number of aromatic amines is 1.